The first-order valence-electron chi connectivity index (χ1n) is 2.29. The van der Waals surface area contributed by atoms with Crippen molar-refractivity contribution in [1.29, 1.82) is 0 Å². The fraction of sp³-hybridized carbons (Fsp3) is 1.00. The number of nitrogens with two attached hydrogens (primary N) is 1. The van der Waals surface area contributed by atoms with Crippen molar-refractivity contribution in [3.05, 3.63) is 0 Å². The summed E-state index contributed by atoms with van der Waals surface area (Å²) in [5.74, 6) is 0. The minimum atomic E-state index is 0.407. The van der Waals surface area contributed by atoms with Gasteiger partial charge in [-0.2, -0.15) is 0 Å². The molecule has 6 heavy (non-hydrogen) atoms. The van der Waals surface area contributed by atoms with E-state index in [0.29, 0.717) is 18.2 Å². The lowest BCUT2D eigenvalue weighted by atomic mass is 9.79. The zero-order valence-corrected chi connectivity index (χ0v) is 3.42. The summed E-state index contributed by atoms with van der Waals surface area (Å²) in [5.41, 5.74) is 5.45. The summed E-state index contributed by atoms with van der Waals surface area (Å²) in [4.78, 5) is 0. The van der Waals surface area contributed by atoms with E-state index in [1.54, 1.807) is 0 Å². The second kappa shape index (κ2) is 0.634. The van der Waals surface area contributed by atoms with Crippen LogP contribution in [0.25, 0.3) is 0 Å². The van der Waals surface area contributed by atoms with Gasteiger partial charge in [-0.15, -0.1) is 0 Å². The van der Waals surface area contributed by atoms with E-state index in [0.717, 1.165) is 0 Å². The first-order chi connectivity index (χ1) is 2.88. The molecule has 3 aliphatic rings. The van der Waals surface area contributed by atoms with Crippen LogP contribution < -0.4 is 5.73 Å². The van der Waals surface area contributed by atoms with E-state index in [4.69, 9.17) is 10.5 Å². The minimum absolute atomic E-state index is 0.407. The number of ether oxygens (including phenoxy) is 1. The lowest BCUT2D eigenvalue weighted by molar-refractivity contribution is -0.255. The molecule has 0 radical (unpaired) electrons. The van der Waals surface area contributed by atoms with Crippen molar-refractivity contribution < 1.29 is 4.74 Å². The topological polar surface area (TPSA) is 35.2 Å². The Bertz CT molecular complexity index is 69.6. The van der Waals surface area contributed by atoms with Gasteiger partial charge in [-0.1, -0.05) is 0 Å². The molecule has 0 amide bonds. The van der Waals surface area contributed by atoms with Crippen LogP contribution in [0.3, 0.4) is 0 Å². The van der Waals surface area contributed by atoms with Gasteiger partial charge >= 0.3 is 0 Å². The van der Waals surface area contributed by atoms with Crippen LogP contribution in [-0.4, -0.2) is 18.2 Å². The van der Waals surface area contributed by atoms with Crippen LogP contribution in [0.15, 0.2) is 0 Å². The van der Waals surface area contributed by atoms with Gasteiger partial charge in [-0.25, -0.2) is 0 Å². The molecule has 0 spiro atoms. The molecular weight excluding hydrogens is 78.0 g/mol. The smallest absolute Gasteiger partial charge is 0.0781 e. The molecule has 2 heterocycles. The van der Waals surface area contributed by atoms with Crippen LogP contribution in [0.4, 0.5) is 0 Å². The molecule has 2 nitrogen and oxygen atoms in total. The van der Waals surface area contributed by atoms with Crippen molar-refractivity contribution in [2.24, 2.45) is 5.73 Å². The predicted molar refractivity (Wildman–Crippen MR) is 21.3 cm³/mol. The molecule has 1 aliphatic carbocycles. The summed E-state index contributed by atoms with van der Waals surface area (Å²) >= 11 is 0. The van der Waals surface area contributed by atoms with Crippen LogP contribution in [0, 0.1) is 0 Å². The third-order valence-corrected chi connectivity index (χ3v) is 1.67. The molecule has 2 aliphatic heterocycles. The third-order valence-electron chi connectivity index (χ3n) is 1.67. The van der Waals surface area contributed by atoms with Crippen molar-refractivity contribution in [2.75, 3.05) is 0 Å². The first kappa shape index (κ1) is 2.99. The Morgan fingerprint density at radius 1 is 1.50 bits per heavy atom. The van der Waals surface area contributed by atoms with Gasteiger partial charge in [0.25, 0.3) is 0 Å². The highest BCUT2D eigenvalue weighted by atomic mass is 16.6. The fourth-order valence-electron chi connectivity index (χ4n) is 0.892. The molecule has 2 unspecified atom stereocenters. The van der Waals surface area contributed by atoms with Crippen LogP contribution in [0.2, 0.25) is 0 Å². The molecule has 3 rings (SSSR count). The van der Waals surface area contributed by atoms with Gasteiger partial charge in [0.15, 0.2) is 0 Å². The number of rotatable bonds is 0. The highest BCUT2D eigenvalue weighted by molar-refractivity contribution is 5.05. The van der Waals surface area contributed by atoms with Gasteiger partial charge in [0.05, 0.1) is 18.2 Å². The highest BCUT2D eigenvalue weighted by Gasteiger charge is 2.52. The first-order valence-corrected chi connectivity index (χ1v) is 2.29. The third kappa shape index (κ3) is 0.132. The molecular formula is C4H7NO. The molecule has 3 fully saturated rings. The lowest BCUT2D eigenvalue weighted by Gasteiger charge is -2.55. The monoisotopic (exact) mass is 85.1 g/mol. The van der Waals surface area contributed by atoms with Crippen molar-refractivity contribution in [1.82, 2.24) is 0 Å². The van der Waals surface area contributed by atoms with Crippen LogP contribution >= 0.6 is 0 Å². The standard InChI is InChI=1S/C4H7NO/c5-4-2-1-3(4)6-2/h2-4H,1,5H2. The SMILES string of the molecule is NC1C2CC1O2. The summed E-state index contributed by atoms with van der Waals surface area (Å²) in [6, 6.07) is 0.407. The molecule has 2 saturated heterocycles. The highest BCUT2D eigenvalue weighted by Crippen LogP contribution is 2.38. The zero-order valence-electron chi connectivity index (χ0n) is 3.42. The van der Waals surface area contributed by atoms with Gasteiger partial charge in [-0.3, -0.25) is 0 Å². The minimum Gasteiger partial charge on any atom is -0.371 e. The van der Waals surface area contributed by atoms with E-state index < -0.39 is 0 Å². The average molecular weight is 85.1 g/mol. The number of hydrogen-bond acceptors (Lipinski definition) is 2. The van der Waals surface area contributed by atoms with E-state index in [-0.39, 0.29) is 0 Å². The van der Waals surface area contributed by atoms with E-state index in [2.05, 4.69) is 0 Å². The zero-order chi connectivity index (χ0) is 4.15. The molecule has 2 N–H and O–H groups in total. The quantitative estimate of drug-likeness (QED) is 0.429. The van der Waals surface area contributed by atoms with Crippen molar-refractivity contribution >= 4 is 0 Å². The lowest BCUT2D eigenvalue weighted by Crippen LogP contribution is -2.71. The Morgan fingerprint density at radius 2 is 1.83 bits per heavy atom. The second-order valence-electron chi connectivity index (χ2n) is 2.03. The Morgan fingerprint density at radius 3 is 1.83 bits per heavy atom. The van der Waals surface area contributed by atoms with E-state index in [9.17, 15) is 0 Å². The van der Waals surface area contributed by atoms with Crippen molar-refractivity contribution in [2.45, 2.75) is 24.7 Å². The molecule has 1 saturated carbocycles. The maximum atomic E-state index is 5.45. The second-order valence-corrected chi connectivity index (χ2v) is 2.03. The molecule has 0 aromatic rings. The van der Waals surface area contributed by atoms with E-state index in [1.165, 1.54) is 6.42 Å². The molecule has 2 bridgehead atoms. The average Bonchev–Trinajstić information content (AvgIpc) is 1.28. The fourth-order valence-corrected chi connectivity index (χ4v) is 0.892. The van der Waals surface area contributed by atoms with Gasteiger partial charge in [0.2, 0.25) is 0 Å². The molecule has 0 aromatic heterocycles. The van der Waals surface area contributed by atoms with Gasteiger partial charge in [0, 0.05) is 6.42 Å². The summed E-state index contributed by atoms with van der Waals surface area (Å²) in [6.07, 6.45) is 2.13. The maximum absolute atomic E-state index is 5.45. The summed E-state index contributed by atoms with van der Waals surface area (Å²) in [6.45, 7) is 0. The normalized spacial score (nSPS) is 62.5. The largest absolute Gasteiger partial charge is 0.371 e. The Kier molecular flexibility index (Phi) is 0.316. The van der Waals surface area contributed by atoms with Crippen molar-refractivity contribution in [3.8, 4) is 0 Å². The Balaban J connectivity index is 2.11. The molecule has 0 aromatic carbocycles. The molecule has 2 atom stereocenters. The summed E-state index contributed by atoms with van der Waals surface area (Å²) in [5, 5.41) is 0. The van der Waals surface area contributed by atoms with Crippen molar-refractivity contribution in [3.63, 3.8) is 0 Å². The molecule has 2 heteroatoms. The van der Waals surface area contributed by atoms with E-state index in [1.807, 2.05) is 0 Å². The van der Waals surface area contributed by atoms with Gasteiger partial charge in [0.1, 0.15) is 0 Å². The predicted octanol–water partition coefficient (Wildman–Crippen LogP) is -0.515. The van der Waals surface area contributed by atoms with Crippen LogP contribution in [0.5, 0.6) is 0 Å². The Labute approximate surface area is 36.3 Å². The van der Waals surface area contributed by atoms with Gasteiger partial charge in [-0.05, 0) is 0 Å². The summed E-state index contributed by atoms with van der Waals surface area (Å²) < 4.78 is 5.02. The summed E-state index contributed by atoms with van der Waals surface area (Å²) in [7, 11) is 0. The Hall–Kier alpha value is -0.0800. The van der Waals surface area contributed by atoms with Crippen LogP contribution in [0.1, 0.15) is 6.42 Å². The van der Waals surface area contributed by atoms with Gasteiger partial charge < -0.3 is 10.5 Å². The van der Waals surface area contributed by atoms with Crippen LogP contribution in [-0.2, 0) is 4.74 Å². The number of hydrogen-bond donors (Lipinski definition) is 1. The maximum Gasteiger partial charge on any atom is 0.0781 e. The van der Waals surface area contributed by atoms with E-state index >= 15 is 0 Å². The molecule has 34 valence electrons.